The molecule has 0 spiro atoms. The van der Waals surface area contributed by atoms with Gasteiger partial charge in [0.1, 0.15) is 23.1 Å². The fourth-order valence-corrected chi connectivity index (χ4v) is 2.57. The zero-order chi connectivity index (χ0) is 20.2. The molecule has 2 aromatic carbocycles. The maximum Gasteiger partial charge on any atom is 0.266 e. The zero-order valence-electron chi connectivity index (χ0n) is 16.4. The Kier molecular flexibility index (Phi) is 8.61. The van der Waals surface area contributed by atoms with Crippen LogP contribution in [0.5, 0.6) is 11.5 Å². The van der Waals surface area contributed by atoms with E-state index in [4.69, 9.17) is 9.47 Å². The highest BCUT2D eigenvalue weighted by atomic mass is 16.5. The molecule has 5 nitrogen and oxygen atoms in total. The molecule has 0 saturated heterocycles. The zero-order valence-corrected chi connectivity index (χ0v) is 16.4. The maximum atomic E-state index is 12.3. The highest BCUT2D eigenvalue weighted by Gasteiger charge is 2.09. The maximum absolute atomic E-state index is 12.3. The van der Waals surface area contributed by atoms with E-state index >= 15 is 0 Å². The SMILES string of the molecule is CCCCCCOc1ccc(/C=C(/C#N)C(=O)Nc2ccc(OC)cc2)cc1. The molecule has 2 rings (SSSR count). The summed E-state index contributed by atoms with van der Waals surface area (Å²) in [6.45, 7) is 2.88. The molecule has 1 amide bonds. The second-order valence-electron chi connectivity index (χ2n) is 6.33. The van der Waals surface area contributed by atoms with E-state index in [1.165, 1.54) is 19.3 Å². The minimum Gasteiger partial charge on any atom is -0.497 e. The normalized spacial score (nSPS) is 10.8. The van der Waals surface area contributed by atoms with Crippen LogP contribution in [-0.2, 0) is 4.79 Å². The van der Waals surface area contributed by atoms with Crippen LogP contribution in [0.25, 0.3) is 6.08 Å². The topological polar surface area (TPSA) is 71.3 Å². The summed E-state index contributed by atoms with van der Waals surface area (Å²) in [5, 5.41) is 12.0. The molecule has 0 aliphatic heterocycles. The Hall–Kier alpha value is -3.26. The van der Waals surface area contributed by atoms with Crippen molar-refractivity contribution in [2.45, 2.75) is 32.6 Å². The Morgan fingerprint density at radius 2 is 1.71 bits per heavy atom. The first kappa shape index (κ1) is 21.0. The number of amides is 1. The highest BCUT2D eigenvalue weighted by molar-refractivity contribution is 6.09. The van der Waals surface area contributed by atoms with Crippen molar-refractivity contribution in [2.75, 3.05) is 19.0 Å². The van der Waals surface area contributed by atoms with Gasteiger partial charge in [-0.15, -0.1) is 0 Å². The van der Waals surface area contributed by atoms with Gasteiger partial charge in [0.05, 0.1) is 13.7 Å². The molecule has 5 heteroatoms. The van der Waals surface area contributed by atoms with Crippen LogP contribution < -0.4 is 14.8 Å². The van der Waals surface area contributed by atoms with Gasteiger partial charge in [-0.25, -0.2) is 0 Å². The lowest BCUT2D eigenvalue weighted by Gasteiger charge is -2.07. The number of methoxy groups -OCH3 is 1. The summed E-state index contributed by atoms with van der Waals surface area (Å²) in [6.07, 6.45) is 6.20. The molecular weight excluding hydrogens is 352 g/mol. The van der Waals surface area contributed by atoms with E-state index in [1.807, 2.05) is 30.3 Å². The monoisotopic (exact) mass is 378 g/mol. The average molecular weight is 378 g/mol. The van der Waals surface area contributed by atoms with E-state index in [-0.39, 0.29) is 5.57 Å². The van der Waals surface area contributed by atoms with E-state index in [2.05, 4.69) is 12.2 Å². The van der Waals surface area contributed by atoms with Crippen LogP contribution in [0.3, 0.4) is 0 Å². The lowest BCUT2D eigenvalue weighted by molar-refractivity contribution is -0.112. The number of benzene rings is 2. The number of carbonyl (C=O) groups excluding carboxylic acids is 1. The first-order valence-corrected chi connectivity index (χ1v) is 9.46. The number of nitrogens with one attached hydrogen (secondary N) is 1. The first-order chi connectivity index (χ1) is 13.7. The molecule has 0 radical (unpaired) electrons. The number of nitriles is 1. The van der Waals surface area contributed by atoms with E-state index in [9.17, 15) is 10.1 Å². The molecule has 0 saturated carbocycles. The van der Waals surface area contributed by atoms with Crippen molar-refractivity contribution in [1.29, 1.82) is 5.26 Å². The molecule has 28 heavy (non-hydrogen) atoms. The Morgan fingerprint density at radius 3 is 2.32 bits per heavy atom. The van der Waals surface area contributed by atoms with E-state index in [1.54, 1.807) is 37.5 Å². The first-order valence-electron chi connectivity index (χ1n) is 9.46. The smallest absolute Gasteiger partial charge is 0.266 e. The molecule has 146 valence electrons. The third-order valence-electron chi connectivity index (χ3n) is 4.17. The standard InChI is InChI=1S/C23H26N2O3/c1-3-4-5-6-15-28-22-11-7-18(8-12-22)16-19(17-24)23(26)25-20-9-13-21(27-2)14-10-20/h7-14,16H,3-6,15H2,1-2H3,(H,25,26)/b19-16-. The van der Waals surface area contributed by atoms with Gasteiger partial charge in [0.2, 0.25) is 0 Å². The average Bonchev–Trinajstić information content (AvgIpc) is 2.73. The van der Waals surface area contributed by atoms with Gasteiger partial charge in [0.15, 0.2) is 0 Å². The van der Waals surface area contributed by atoms with Crippen LogP contribution in [0, 0.1) is 11.3 Å². The molecule has 0 unspecified atom stereocenters. The summed E-state index contributed by atoms with van der Waals surface area (Å²) < 4.78 is 10.8. The second kappa shape index (κ2) is 11.5. The van der Waals surface area contributed by atoms with Gasteiger partial charge < -0.3 is 14.8 Å². The van der Waals surface area contributed by atoms with Crippen molar-refractivity contribution in [3.8, 4) is 17.6 Å². The van der Waals surface area contributed by atoms with Crippen molar-refractivity contribution in [2.24, 2.45) is 0 Å². The molecule has 0 bridgehead atoms. The van der Waals surface area contributed by atoms with Crippen LogP contribution in [0.1, 0.15) is 38.2 Å². The minimum absolute atomic E-state index is 0.0315. The highest BCUT2D eigenvalue weighted by Crippen LogP contribution is 2.18. The fourth-order valence-electron chi connectivity index (χ4n) is 2.57. The number of hydrogen-bond acceptors (Lipinski definition) is 4. The van der Waals surface area contributed by atoms with Gasteiger partial charge in [-0.1, -0.05) is 38.3 Å². The molecule has 2 aromatic rings. The van der Waals surface area contributed by atoms with Crippen molar-refractivity contribution >= 4 is 17.7 Å². The van der Waals surface area contributed by atoms with Gasteiger partial charge in [-0.05, 0) is 54.5 Å². The molecule has 0 aliphatic rings. The summed E-state index contributed by atoms with van der Waals surface area (Å²) in [5.41, 5.74) is 1.39. The van der Waals surface area contributed by atoms with Crippen molar-refractivity contribution in [3.05, 3.63) is 59.7 Å². The van der Waals surface area contributed by atoms with Crippen LogP contribution in [-0.4, -0.2) is 19.6 Å². The predicted octanol–water partition coefficient (Wildman–Crippen LogP) is 5.20. The summed E-state index contributed by atoms with van der Waals surface area (Å²) >= 11 is 0. The summed E-state index contributed by atoms with van der Waals surface area (Å²) in [5.74, 6) is 1.03. The Morgan fingerprint density at radius 1 is 1.04 bits per heavy atom. The van der Waals surface area contributed by atoms with Gasteiger partial charge in [-0.2, -0.15) is 5.26 Å². The Bertz CT molecular complexity index is 818. The number of nitrogens with zero attached hydrogens (tertiary/aromatic N) is 1. The Labute approximate surface area is 166 Å². The molecule has 0 aliphatic carbocycles. The summed E-state index contributed by atoms with van der Waals surface area (Å²) in [6, 6.07) is 16.2. The predicted molar refractivity (Wildman–Crippen MR) is 111 cm³/mol. The summed E-state index contributed by atoms with van der Waals surface area (Å²) in [7, 11) is 1.58. The number of rotatable bonds is 10. The van der Waals surface area contributed by atoms with Gasteiger partial charge in [0.25, 0.3) is 5.91 Å². The van der Waals surface area contributed by atoms with Gasteiger partial charge in [0, 0.05) is 5.69 Å². The third-order valence-corrected chi connectivity index (χ3v) is 4.17. The largest absolute Gasteiger partial charge is 0.497 e. The fraction of sp³-hybridized carbons (Fsp3) is 0.304. The van der Waals surface area contributed by atoms with Crippen molar-refractivity contribution in [3.63, 3.8) is 0 Å². The number of ether oxygens (including phenoxy) is 2. The van der Waals surface area contributed by atoms with Crippen LogP contribution >= 0.6 is 0 Å². The molecule has 0 fully saturated rings. The van der Waals surface area contributed by atoms with Crippen molar-refractivity contribution < 1.29 is 14.3 Å². The van der Waals surface area contributed by atoms with E-state index < -0.39 is 5.91 Å². The number of anilines is 1. The lowest BCUT2D eigenvalue weighted by atomic mass is 10.1. The van der Waals surface area contributed by atoms with E-state index in [0.717, 1.165) is 17.7 Å². The second-order valence-corrected chi connectivity index (χ2v) is 6.33. The number of hydrogen-bond donors (Lipinski definition) is 1. The molecule has 0 heterocycles. The number of unbranched alkanes of at least 4 members (excludes halogenated alkanes) is 3. The molecule has 0 aromatic heterocycles. The third kappa shape index (κ3) is 6.81. The number of carbonyl (C=O) groups is 1. The van der Waals surface area contributed by atoms with Crippen LogP contribution in [0.4, 0.5) is 5.69 Å². The molecule has 0 atom stereocenters. The summed E-state index contributed by atoms with van der Waals surface area (Å²) in [4.78, 5) is 12.3. The van der Waals surface area contributed by atoms with Gasteiger partial charge >= 0.3 is 0 Å². The molecular formula is C23H26N2O3. The minimum atomic E-state index is -0.455. The van der Waals surface area contributed by atoms with Crippen LogP contribution in [0.15, 0.2) is 54.1 Å². The van der Waals surface area contributed by atoms with Crippen LogP contribution in [0.2, 0.25) is 0 Å². The van der Waals surface area contributed by atoms with E-state index in [0.29, 0.717) is 18.0 Å². The Balaban J connectivity index is 1.94. The molecule has 1 N–H and O–H groups in total. The van der Waals surface area contributed by atoms with Gasteiger partial charge in [-0.3, -0.25) is 4.79 Å². The lowest BCUT2D eigenvalue weighted by Crippen LogP contribution is -2.13. The quantitative estimate of drug-likeness (QED) is 0.350. The van der Waals surface area contributed by atoms with Crippen molar-refractivity contribution in [1.82, 2.24) is 0 Å².